The molecule has 0 aliphatic carbocycles. The zero-order valence-corrected chi connectivity index (χ0v) is 13.4. The Labute approximate surface area is 130 Å². The number of likely N-dealkylation sites (N-methyl/N-ethyl adjacent to an activating group) is 2. The molecule has 0 atom stereocenters. The van der Waals surface area contributed by atoms with E-state index in [1.165, 1.54) is 4.90 Å². The second-order valence-corrected chi connectivity index (χ2v) is 5.00. The van der Waals surface area contributed by atoms with Crippen molar-refractivity contribution < 1.29 is 14.3 Å². The number of hydrogen-bond donors (Lipinski definition) is 1. The fourth-order valence-corrected chi connectivity index (χ4v) is 2.03. The Morgan fingerprint density at radius 3 is 2.62 bits per heavy atom. The van der Waals surface area contributed by atoms with Crippen molar-refractivity contribution in [2.75, 3.05) is 26.2 Å². The minimum absolute atomic E-state index is 0.0478. The average molecular weight is 313 g/mol. The van der Waals surface area contributed by atoms with Crippen molar-refractivity contribution in [1.29, 1.82) is 0 Å². The van der Waals surface area contributed by atoms with Gasteiger partial charge >= 0.3 is 0 Å². The van der Waals surface area contributed by atoms with Crippen molar-refractivity contribution in [3.8, 4) is 5.75 Å². The number of aryl methyl sites for hydroxylation is 1. The zero-order chi connectivity index (χ0) is 15.8. The topological polar surface area (TPSA) is 58.6 Å². The number of benzene rings is 1. The van der Waals surface area contributed by atoms with Gasteiger partial charge in [0.25, 0.3) is 5.91 Å². The molecule has 0 bridgehead atoms. The van der Waals surface area contributed by atoms with Crippen LogP contribution >= 0.6 is 11.6 Å². The Kier molecular flexibility index (Phi) is 7.02. The summed E-state index contributed by atoms with van der Waals surface area (Å²) in [6.07, 6.45) is 0. The van der Waals surface area contributed by atoms with Gasteiger partial charge in [-0.3, -0.25) is 9.59 Å². The summed E-state index contributed by atoms with van der Waals surface area (Å²) in [5.41, 5.74) is 0.863. The highest BCUT2D eigenvalue weighted by Crippen LogP contribution is 2.21. The van der Waals surface area contributed by atoms with E-state index in [2.05, 4.69) is 5.32 Å². The Morgan fingerprint density at radius 1 is 1.33 bits per heavy atom. The maximum absolute atomic E-state index is 12.1. The van der Waals surface area contributed by atoms with Gasteiger partial charge in [-0.05, 0) is 44.5 Å². The van der Waals surface area contributed by atoms with Gasteiger partial charge in [-0.15, -0.1) is 0 Å². The average Bonchev–Trinajstić information content (AvgIpc) is 2.43. The molecule has 0 spiro atoms. The van der Waals surface area contributed by atoms with Crippen LogP contribution in [0.1, 0.15) is 19.4 Å². The molecular weight excluding hydrogens is 292 g/mol. The molecule has 0 aliphatic rings. The fraction of sp³-hybridized carbons (Fsp3) is 0.467. The predicted octanol–water partition coefficient (Wildman–Crippen LogP) is 2.01. The summed E-state index contributed by atoms with van der Waals surface area (Å²) < 4.78 is 5.50. The van der Waals surface area contributed by atoms with E-state index in [0.717, 1.165) is 5.56 Å². The molecule has 2 amide bonds. The van der Waals surface area contributed by atoms with Crippen molar-refractivity contribution >= 4 is 23.4 Å². The lowest BCUT2D eigenvalue weighted by Crippen LogP contribution is -2.42. The van der Waals surface area contributed by atoms with Crippen molar-refractivity contribution in [2.45, 2.75) is 20.8 Å². The normalized spacial score (nSPS) is 10.1. The Morgan fingerprint density at radius 2 is 2.05 bits per heavy atom. The number of nitrogens with zero attached hydrogens (tertiary/aromatic N) is 1. The maximum atomic E-state index is 12.1. The molecule has 0 unspecified atom stereocenters. The lowest BCUT2D eigenvalue weighted by Gasteiger charge is -2.20. The molecule has 0 aliphatic heterocycles. The number of carbonyl (C=O) groups excluding carboxylic acids is 2. The van der Waals surface area contributed by atoms with Crippen LogP contribution in [0.5, 0.6) is 5.75 Å². The fourth-order valence-electron chi connectivity index (χ4n) is 1.81. The molecule has 5 nitrogen and oxygen atoms in total. The second kappa shape index (κ2) is 8.52. The Hall–Kier alpha value is -1.75. The van der Waals surface area contributed by atoms with E-state index in [-0.39, 0.29) is 25.0 Å². The molecule has 0 heterocycles. The first-order valence-corrected chi connectivity index (χ1v) is 7.29. The van der Waals surface area contributed by atoms with Crippen LogP contribution in [-0.4, -0.2) is 43.0 Å². The summed E-state index contributed by atoms with van der Waals surface area (Å²) in [7, 11) is 0. The maximum Gasteiger partial charge on any atom is 0.260 e. The minimum Gasteiger partial charge on any atom is -0.483 e. The lowest BCUT2D eigenvalue weighted by molar-refractivity contribution is -0.137. The van der Waals surface area contributed by atoms with Crippen LogP contribution in [0, 0.1) is 6.92 Å². The van der Waals surface area contributed by atoms with Gasteiger partial charge in [-0.2, -0.15) is 0 Å². The minimum atomic E-state index is -0.224. The van der Waals surface area contributed by atoms with E-state index in [1.807, 2.05) is 20.8 Å². The van der Waals surface area contributed by atoms with E-state index in [9.17, 15) is 9.59 Å². The number of rotatable bonds is 7. The van der Waals surface area contributed by atoms with Crippen molar-refractivity contribution in [3.63, 3.8) is 0 Å². The van der Waals surface area contributed by atoms with Crippen LogP contribution in [0.2, 0.25) is 5.02 Å². The Bertz CT molecular complexity index is 506. The summed E-state index contributed by atoms with van der Waals surface area (Å²) in [6, 6.07) is 5.21. The van der Waals surface area contributed by atoms with Gasteiger partial charge in [-0.1, -0.05) is 11.6 Å². The standard InChI is InChI=1S/C15H21ClN2O3/c1-4-17-14(19)9-18(5-2)15(20)10-21-13-7-6-12(16)8-11(13)3/h6-8H,4-5,9-10H2,1-3H3,(H,17,19). The first-order valence-electron chi connectivity index (χ1n) is 6.91. The third kappa shape index (κ3) is 5.63. The summed E-state index contributed by atoms with van der Waals surface area (Å²) in [5, 5.41) is 3.29. The highest BCUT2D eigenvalue weighted by atomic mass is 35.5. The highest BCUT2D eigenvalue weighted by Gasteiger charge is 2.16. The SMILES string of the molecule is CCNC(=O)CN(CC)C(=O)COc1ccc(Cl)cc1C. The van der Waals surface area contributed by atoms with E-state index in [4.69, 9.17) is 16.3 Å². The molecule has 116 valence electrons. The van der Waals surface area contributed by atoms with E-state index in [0.29, 0.717) is 23.9 Å². The lowest BCUT2D eigenvalue weighted by atomic mass is 10.2. The molecule has 0 fully saturated rings. The first-order chi connectivity index (χ1) is 9.97. The van der Waals surface area contributed by atoms with Crippen molar-refractivity contribution in [2.24, 2.45) is 0 Å². The van der Waals surface area contributed by atoms with Gasteiger partial charge in [0, 0.05) is 18.1 Å². The molecule has 1 N–H and O–H groups in total. The number of carbonyl (C=O) groups is 2. The largest absolute Gasteiger partial charge is 0.483 e. The van der Waals surface area contributed by atoms with E-state index in [1.54, 1.807) is 18.2 Å². The molecule has 1 rings (SSSR count). The van der Waals surface area contributed by atoms with Gasteiger partial charge in [0.2, 0.25) is 5.91 Å². The van der Waals surface area contributed by atoms with Crippen LogP contribution in [0.15, 0.2) is 18.2 Å². The van der Waals surface area contributed by atoms with Crippen LogP contribution in [-0.2, 0) is 9.59 Å². The molecular formula is C15H21ClN2O3. The predicted molar refractivity (Wildman–Crippen MR) is 82.6 cm³/mol. The molecule has 1 aromatic carbocycles. The third-order valence-electron chi connectivity index (χ3n) is 2.93. The number of amides is 2. The quantitative estimate of drug-likeness (QED) is 0.838. The Balaban J connectivity index is 2.56. The summed E-state index contributed by atoms with van der Waals surface area (Å²) in [6.45, 7) is 6.47. The third-order valence-corrected chi connectivity index (χ3v) is 3.17. The van der Waals surface area contributed by atoms with E-state index >= 15 is 0 Å². The van der Waals surface area contributed by atoms with Crippen LogP contribution in [0.25, 0.3) is 0 Å². The number of halogens is 1. The van der Waals surface area contributed by atoms with Crippen LogP contribution in [0.4, 0.5) is 0 Å². The van der Waals surface area contributed by atoms with Crippen LogP contribution < -0.4 is 10.1 Å². The highest BCUT2D eigenvalue weighted by molar-refractivity contribution is 6.30. The van der Waals surface area contributed by atoms with Gasteiger partial charge in [0.1, 0.15) is 5.75 Å². The molecule has 1 aromatic rings. The first kappa shape index (κ1) is 17.3. The van der Waals surface area contributed by atoms with Gasteiger partial charge in [0.05, 0.1) is 6.54 Å². The number of hydrogen-bond acceptors (Lipinski definition) is 3. The number of ether oxygens (including phenoxy) is 1. The zero-order valence-electron chi connectivity index (χ0n) is 12.6. The van der Waals surface area contributed by atoms with Gasteiger partial charge in [-0.25, -0.2) is 0 Å². The van der Waals surface area contributed by atoms with Crippen LogP contribution in [0.3, 0.4) is 0 Å². The van der Waals surface area contributed by atoms with Crippen molar-refractivity contribution in [3.05, 3.63) is 28.8 Å². The molecule has 6 heteroatoms. The summed E-state index contributed by atoms with van der Waals surface area (Å²) >= 11 is 5.86. The molecule has 0 saturated carbocycles. The monoisotopic (exact) mass is 312 g/mol. The summed E-state index contributed by atoms with van der Waals surface area (Å²) in [4.78, 5) is 25.0. The smallest absolute Gasteiger partial charge is 0.260 e. The molecule has 0 aromatic heterocycles. The van der Waals surface area contributed by atoms with Crippen molar-refractivity contribution in [1.82, 2.24) is 10.2 Å². The second-order valence-electron chi connectivity index (χ2n) is 4.56. The number of nitrogens with one attached hydrogen (secondary N) is 1. The molecule has 21 heavy (non-hydrogen) atoms. The van der Waals surface area contributed by atoms with E-state index < -0.39 is 0 Å². The molecule has 0 radical (unpaired) electrons. The summed E-state index contributed by atoms with van der Waals surface area (Å²) in [5.74, 6) is 0.218. The van der Waals surface area contributed by atoms with Gasteiger partial charge in [0.15, 0.2) is 6.61 Å². The van der Waals surface area contributed by atoms with Gasteiger partial charge < -0.3 is 15.0 Å². The molecule has 0 saturated heterocycles.